The largest absolute Gasteiger partial charge is 0.481 e. The second-order valence-electron chi connectivity index (χ2n) is 3.51. The molecule has 0 spiro atoms. The summed E-state index contributed by atoms with van der Waals surface area (Å²) in [6.45, 7) is 1.91. The summed E-state index contributed by atoms with van der Waals surface area (Å²) >= 11 is 1.54. The van der Waals surface area contributed by atoms with Crippen LogP contribution in [0.1, 0.15) is 23.4 Å². The Kier molecular flexibility index (Phi) is 2.41. The third-order valence-corrected chi connectivity index (χ3v) is 3.06. The fourth-order valence-corrected chi connectivity index (χ4v) is 2.11. The number of hydrogen-bond acceptors (Lipinski definition) is 4. The number of carboxylic acids is 1. The van der Waals surface area contributed by atoms with Crippen molar-refractivity contribution in [3.8, 4) is 0 Å². The maximum absolute atomic E-state index is 10.5. The zero-order chi connectivity index (χ0) is 10.1. The Balaban J connectivity index is 2.07. The molecule has 14 heavy (non-hydrogen) atoms. The summed E-state index contributed by atoms with van der Waals surface area (Å²) in [6.07, 6.45) is 2.43. The molecule has 1 aromatic rings. The standard InChI is InChI=1S/C9H12N2O2S/c1-5-7(4-8(12)13)11-9(14-5)10-6-2-3-6/h6H,2-4H2,1H3,(H,10,11)(H,12,13). The van der Waals surface area contributed by atoms with Gasteiger partial charge in [-0.05, 0) is 19.8 Å². The molecule has 0 atom stereocenters. The van der Waals surface area contributed by atoms with Crippen molar-refractivity contribution in [2.45, 2.75) is 32.2 Å². The minimum Gasteiger partial charge on any atom is -0.481 e. The van der Waals surface area contributed by atoms with E-state index in [0.717, 1.165) is 10.0 Å². The first-order chi connectivity index (χ1) is 6.65. The van der Waals surface area contributed by atoms with Gasteiger partial charge in [0.15, 0.2) is 5.13 Å². The van der Waals surface area contributed by atoms with Crippen molar-refractivity contribution in [2.75, 3.05) is 5.32 Å². The summed E-state index contributed by atoms with van der Waals surface area (Å²) in [5.74, 6) is -0.823. The van der Waals surface area contributed by atoms with Gasteiger partial charge >= 0.3 is 5.97 Å². The molecule has 1 aromatic heterocycles. The third kappa shape index (κ3) is 2.23. The van der Waals surface area contributed by atoms with Crippen LogP contribution in [-0.2, 0) is 11.2 Å². The van der Waals surface area contributed by atoms with Crippen LogP contribution < -0.4 is 5.32 Å². The second kappa shape index (κ2) is 3.57. The number of aromatic nitrogens is 1. The van der Waals surface area contributed by atoms with E-state index in [2.05, 4.69) is 10.3 Å². The Hall–Kier alpha value is -1.10. The molecule has 5 heteroatoms. The van der Waals surface area contributed by atoms with E-state index in [1.165, 1.54) is 24.2 Å². The number of hydrogen-bond donors (Lipinski definition) is 2. The molecule has 1 heterocycles. The Labute approximate surface area is 86.0 Å². The van der Waals surface area contributed by atoms with Gasteiger partial charge in [-0.25, -0.2) is 4.98 Å². The number of anilines is 1. The van der Waals surface area contributed by atoms with Gasteiger partial charge in [0, 0.05) is 10.9 Å². The lowest BCUT2D eigenvalue weighted by Gasteiger charge is -1.95. The quantitative estimate of drug-likeness (QED) is 0.796. The highest BCUT2D eigenvalue weighted by atomic mass is 32.1. The molecular weight excluding hydrogens is 200 g/mol. The van der Waals surface area contributed by atoms with Gasteiger partial charge < -0.3 is 10.4 Å². The van der Waals surface area contributed by atoms with Crippen LogP contribution in [0.2, 0.25) is 0 Å². The van der Waals surface area contributed by atoms with Crippen molar-refractivity contribution < 1.29 is 9.90 Å². The SMILES string of the molecule is Cc1sc(NC2CC2)nc1CC(=O)O. The molecule has 1 saturated carbocycles. The van der Waals surface area contributed by atoms with Crippen LogP contribution >= 0.6 is 11.3 Å². The molecule has 0 saturated heterocycles. The van der Waals surface area contributed by atoms with Crippen LogP contribution in [0.3, 0.4) is 0 Å². The van der Waals surface area contributed by atoms with E-state index in [0.29, 0.717) is 11.7 Å². The summed E-state index contributed by atoms with van der Waals surface area (Å²) < 4.78 is 0. The third-order valence-electron chi connectivity index (χ3n) is 2.12. The minimum atomic E-state index is -0.823. The lowest BCUT2D eigenvalue weighted by atomic mass is 10.3. The van der Waals surface area contributed by atoms with E-state index in [1.807, 2.05) is 6.92 Å². The van der Waals surface area contributed by atoms with Crippen LogP contribution in [0.15, 0.2) is 0 Å². The highest BCUT2D eigenvalue weighted by Gasteiger charge is 2.22. The van der Waals surface area contributed by atoms with Gasteiger partial charge in [0.1, 0.15) is 0 Å². The van der Waals surface area contributed by atoms with Gasteiger partial charge in [0.25, 0.3) is 0 Å². The Morgan fingerprint density at radius 3 is 3.00 bits per heavy atom. The Morgan fingerprint density at radius 2 is 2.43 bits per heavy atom. The number of aryl methyl sites for hydroxylation is 1. The van der Waals surface area contributed by atoms with Gasteiger partial charge in [-0.2, -0.15) is 0 Å². The molecule has 0 bridgehead atoms. The molecule has 2 N–H and O–H groups in total. The topological polar surface area (TPSA) is 62.2 Å². The molecule has 1 aliphatic rings. The smallest absolute Gasteiger partial charge is 0.309 e. The van der Waals surface area contributed by atoms with Crippen molar-refractivity contribution in [1.82, 2.24) is 4.98 Å². The highest BCUT2D eigenvalue weighted by Crippen LogP contribution is 2.29. The molecule has 0 aromatic carbocycles. The molecule has 1 aliphatic carbocycles. The normalized spacial score (nSPS) is 15.5. The van der Waals surface area contributed by atoms with Gasteiger partial charge in [0.05, 0.1) is 12.1 Å². The Bertz CT molecular complexity index is 358. The zero-order valence-electron chi connectivity index (χ0n) is 7.91. The first-order valence-corrected chi connectivity index (χ1v) is 5.41. The summed E-state index contributed by atoms with van der Waals surface area (Å²) in [6, 6.07) is 0.568. The maximum atomic E-state index is 10.5. The van der Waals surface area contributed by atoms with Gasteiger partial charge in [0.2, 0.25) is 0 Å². The van der Waals surface area contributed by atoms with Crippen molar-refractivity contribution in [2.24, 2.45) is 0 Å². The highest BCUT2D eigenvalue weighted by molar-refractivity contribution is 7.15. The van der Waals surface area contributed by atoms with Crippen molar-refractivity contribution in [1.29, 1.82) is 0 Å². The van der Waals surface area contributed by atoms with E-state index in [-0.39, 0.29) is 6.42 Å². The zero-order valence-corrected chi connectivity index (χ0v) is 8.73. The fraction of sp³-hybridized carbons (Fsp3) is 0.556. The average Bonchev–Trinajstić information content (AvgIpc) is 2.79. The van der Waals surface area contributed by atoms with Crippen LogP contribution in [0.5, 0.6) is 0 Å². The van der Waals surface area contributed by atoms with Crippen molar-refractivity contribution >= 4 is 22.4 Å². The summed E-state index contributed by atoms with van der Waals surface area (Å²) in [4.78, 5) is 15.8. The average molecular weight is 212 g/mol. The number of nitrogens with one attached hydrogen (secondary N) is 1. The number of nitrogens with zero attached hydrogens (tertiary/aromatic N) is 1. The van der Waals surface area contributed by atoms with Crippen molar-refractivity contribution in [3.05, 3.63) is 10.6 Å². The number of aliphatic carboxylic acids is 1. The molecule has 0 amide bonds. The van der Waals surface area contributed by atoms with Crippen LogP contribution in [0.25, 0.3) is 0 Å². The molecular formula is C9H12N2O2S. The Morgan fingerprint density at radius 1 is 1.71 bits per heavy atom. The van der Waals surface area contributed by atoms with Crippen LogP contribution in [-0.4, -0.2) is 22.1 Å². The first-order valence-electron chi connectivity index (χ1n) is 4.60. The second-order valence-corrected chi connectivity index (χ2v) is 4.71. The molecule has 0 radical (unpaired) electrons. The lowest BCUT2D eigenvalue weighted by Crippen LogP contribution is -2.03. The number of rotatable bonds is 4. The molecule has 0 unspecified atom stereocenters. The minimum absolute atomic E-state index is 0.0225. The maximum Gasteiger partial charge on any atom is 0.309 e. The molecule has 1 fully saturated rings. The number of thiazole rings is 1. The van der Waals surface area contributed by atoms with Gasteiger partial charge in [-0.15, -0.1) is 11.3 Å². The van der Waals surface area contributed by atoms with Gasteiger partial charge in [-0.1, -0.05) is 0 Å². The summed E-state index contributed by atoms with van der Waals surface area (Å²) in [5, 5.41) is 12.8. The van der Waals surface area contributed by atoms with E-state index in [1.54, 1.807) is 0 Å². The number of carbonyl (C=O) groups is 1. The first kappa shape index (κ1) is 9.45. The number of carboxylic acid groups (broad SMARTS) is 1. The van der Waals surface area contributed by atoms with E-state index >= 15 is 0 Å². The van der Waals surface area contributed by atoms with E-state index in [9.17, 15) is 4.79 Å². The molecule has 0 aliphatic heterocycles. The summed E-state index contributed by atoms with van der Waals surface area (Å²) in [5.41, 5.74) is 0.686. The lowest BCUT2D eigenvalue weighted by molar-refractivity contribution is -0.136. The fourth-order valence-electron chi connectivity index (χ4n) is 1.20. The van der Waals surface area contributed by atoms with Crippen LogP contribution in [0.4, 0.5) is 5.13 Å². The monoisotopic (exact) mass is 212 g/mol. The molecule has 76 valence electrons. The van der Waals surface area contributed by atoms with E-state index in [4.69, 9.17) is 5.11 Å². The van der Waals surface area contributed by atoms with Gasteiger partial charge in [-0.3, -0.25) is 4.79 Å². The van der Waals surface area contributed by atoms with Crippen LogP contribution in [0, 0.1) is 6.92 Å². The predicted molar refractivity (Wildman–Crippen MR) is 54.8 cm³/mol. The summed E-state index contributed by atoms with van der Waals surface area (Å²) in [7, 11) is 0. The predicted octanol–water partition coefficient (Wildman–Crippen LogP) is 1.65. The van der Waals surface area contributed by atoms with E-state index < -0.39 is 5.97 Å². The molecule has 4 nitrogen and oxygen atoms in total. The van der Waals surface area contributed by atoms with Crippen molar-refractivity contribution in [3.63, 3.8) is 0 Å². The molecule has 2 rings (SSSR count).